The van der Waals surface area contributed by atoms with Gasteiger partial charge in [0.05, 0.1) is 19.9 Å². The van der Waals surface area contributed by atoms with Crippen LogP contribution in [0, 0.1) is 0 Å². The zero-order valence-corrected chi connectivity index (χ0v) is 19.2. The fourth-order valence-corrected chi connectivity index (χ4v) is 3.22. The fraction of sp³-hybridized carbons (Fsp3) is 0.360. The summed E-state index contributed by atoms with van der Waals surface area (Å²) in [6.07, 6.45) is 4.82. The Labute approximate surface area is 190 Å². The molecule has 1 heterocycles. The number of nitrogens with one attached hydrogen (secondary N) is 2. The minimum atomic E-state index is 0.581. The molecule has 7 nitrogen and oxygen atoms in total. The second kappa shape index (κ2) is 12.5. The lowest BCUT2D eigenvalue weighted by molar-refractivity contribution is 0.145. The minimum Gasteiger partial charge on any atom is -0.497 e. The predicted octanol–water partition coefficient (Wildman–Crippen LogP) is 3.76. The van der Waals surface area contributed by atoms with Crippen LogP contribution in [0.25, 0.3) is 11.1 Å². The van der Waals surface area contributed by atoms with E-state index in [0.717, 1.165) is 60.1 Å². The molecular weight excluding hydrogens is 402 g/mol. The van der Waals surface area contributed by atoms with Gasteiger partial charge in [0.25, 0.3) is 0 Å². The summed E-state index contributed by atoms with van der Waals surface area (Å²) < 4.78 is 12.5. The zero-order chi connectivity index (χ0) is 22.6. The maximum Gasteiger partial charge on any atom is 0.191 e. The lowest BCUT2D eigenvalue weighted by Gasteiger charge is -2.13. The molecule has 0 saturated carbocycles. The maximum atomic E-state index is 5.43. The summed E-state index contributed by atoms with van der Waals surface area (Å²) >= 11 is 0. The number of methoxy groups -OCH3 is 1. The van der Waals surface area contributed by atoms with Crippen LogP contribution in [0.1, 0.15) is 24.5 Å². The molecule has 0 unspecified atom stereocenters. The van der Waals surface area contributed by atoms with E-state index in [2.05, 4.69) is 52.1 Å². The number of nitrogens with zero attached hydrogens (tertiary/aromatic N) is 3. The van der Waals surface area contributed by atoms with E-state index in [0.29, 0.717) is 13.1 Å². The number of aliphatic imine (C=N–C) groups is 1. The van der Waals surface area contributed by atoms with Gasteiger partial charge in [-0.15, -0.1) is 0 Å². The molecule has 7 heteroatoms. The van der Waals surface area contributed by atoms with Crippen molar-refractivity contribution < 1.29 is 9.47 Å². The molecule has 2 N–H and O–H groups in total. The number of guanidine groups is 1. The van der Waals surface area contributed by atoms with Gasteiger partial charge in [0.2, 0.25) is 0 Å². The molecule has 0 saturated heterocycles. The number of aromatic nitrogens is 2. The van der Waals surface area contributed by atoms with E-state index in [1.54, 1.807) is 7.11 Å². The van der Waals surface area contributed by atoms with Crippen molar-refractivity contribution >= 4 is 5.96 Å². The van der Waals surface area contributed by atoms with E-state index in [4.69, 9.17) is 14.5 Å². The van der Waals surface area contributed by atoms with Crippen LogP contribution in [0.5, 0.6) is 5.75 Å². The van der Waals surface area contributed by atoms with Crippen molar-refractivity contribution in [1.29, 1.82) is 0 Å². The topological polar surface area (TPSA) is 72.7 Å². The van der Waals surface area contributed by atoms with Crippen molar-refractivity contribution in [2.45, 2.75) is 26.4 Å². The van der Waals surface area contributed by atoms with E-state index in [-0.39, 0.29) is 0 Å². The fourth-order valence-electron chi connectivity index (χ4n) is 3.22. The second-order valence-electron chi connectivity index (χ2n) is 7.45. The Hall–Kier alpha value is -3.32. The average molecular weight is 436 g/mol. The van der Waals surface area contributed by atoms with Crippen LogP contribution in [-0.4, -0.2) is 42.6 Å². The molecular formula is C25H33N5O2. The number of hydrogen-bond acceptors (Lipinski definition) is 4. The first-order valence-electron chi connectivity index (χ1n) is 11.0. The van der Waals surface area contributed by atoms with Crippen molar-refractivity contribution in [2.75, 3.05) is 26.9 Å². The molecule has 1 aromatic heterocycles. The first-order valence-corrected chi connectivity index (χ1v) is 11.0. The zero-order valence-electron chi connectivity index (χ0n) is 19.2. The molecule has 0 spiro atoms. The highest BCUT2D eigenvalue weighted by Crippen LogP contribution is 2.20. The van der Waals surface area contributed by atoms with Crippen molar-refractivity contribution in [1.82, 2.24) is 20.4 Å². The quantitative estimate of drug-likeness (QED) is 0.273. The third kappa shape index (κ3) is 7.42. The summed E-state index contributed by atoms with van der Waals surface area (Å²) in [7, 11) is 3.60. The maximum absolute atomic E-state index is 5.43. The summed E-state index contributed by atoms with van der Waals surface area (Å²) in [5.74, 6) is 1.63. The van der Waals surface area contributed by atoms with Crippen molar-refractivity contribution in [3.63, 3.8) is 0 Å². The Kier molecular flexibility index (Phi) is 9.13. The minimum absolute atomic E-state index is 0.581. The van der Waals surface area contributed by atoms with Gasteiger partial charge in [-0.1, -0.05) is 30.3 Å². The van der Waals surface area contributed by atoms with E-state index in [9.17, 15) is 0 Å². The van der Waals surface area contributed by atoms with Gasteiger partial charge in [-0.25, -0.2) is 4.99 Å². The molecule has 32 heavy (non-hydrogen) atoms. The highest BCUT2D eigenvalue weighted by atomic mass is 16.5. The molecule has 0 amide bonds. The molecule has 0 atom stereocenters. The largest absolute Gasteiger partial charge is 0.497 e. The van der Waals surface area contributed by atoms with Crippen molar-refractivity contribution in [2.24, 2.45) is 12.0 Å². The first-order chi connectivity index (χ1) is 15.7. The lowest BCUT2D eigenvalue weighted by atomic mass is 10.1. The molecule has 2 aromatic carbocycles. The van der Waals surface area contributed by atoms with Gasteiger partial charge >= 0.3 is 0 Å². The van der Waals surface area contributed by atoms with Crippen LogP contribution in [0.2, 0.25) is 0 Å². The lowest BCUT2D eigenvalue weighted by Crippen LogP contribution is -2.37. The highest BCUT2D eigenvalue weighted by Gasteiger charge is 2.04. The number of aryl methyl sites for hydroxylation is 1. The van der Waals surface area contributed by atoms with Gasteiger partial charge < -0.3 is 20.1 Å². The summed E-state index contributed by atoms with van der Waals surface area (Å²) in [6.45, 7) is 5.54. The van der Waals surface area contributed by atoms with E-state index in [1.165, 1.54) is 0 Å². The molecule has 0 aliphatic carbocycles. The third-order valence-corrected chi connectivity index (χ3v) is 4.97. The summed E-state index contributed by atoms with van der Waals surface area (Å²) in [5.41, 5.74) is 4.55. The SMILES string of the molecule is CCOCCCNC(=NCc1cccc(-c2cnn(C)c2)c1)NCc1ccc(OC)cc1. The Balaban J connectivity index is 1.64. The van der Waals surface area contributed by atoms with Gasteiger partial charge in [-0.05, 0) is 48.2 Å². The third-order valence-electron chi connectivity index (χ3n) is 4.97. The number of benzene rings is 2. The van der Waals surface area contributed by atoms with Crippen LogP contribution >= 0.6 is 0 Å². The van der Waals surface area contributed by atoms with Gasteiger partial charge in [-0.3, -0.25) is 4.68 Å². The van der Waals surface area contributed by atoms with E-state index < -0.39 is 0 Å². The summed E-state index contributed by atoms with van der Waals surface area (Å²) in [6, 6.07) is 16.5. The Morgan fingerprint density at radius 3 is 2.62 bits per heavy atom. The smallest absolute Gasteiger partial charge is 0.191 e. The Morgan fingerprint density at radius 2 is 1.91 bits per heavy atom. The van der Waals surface area contributed by atoms with Crippen LogP contribution in [-0.2, 0) is 24.9 Å². The molecule has 0 fully saturated rings. The standard InChI is InChI=1S/C25H33N5O2/c1-4-32-14-6-13-26-25(27-16-20-9-11-24(31-3)12-10-20)28-17-21-7-5-8-22(15-21)23-18-29-30(2)19-23/h5,7-12,15,18-19H,4,6,13-14,16-17H2,1-3H3,(H2,26,27,28). The molecule has 0 bridgehead atoms. The van der Waals surface area contributed by atoms with Gasteiger partial charge in [-0.2, -0.15) is 5.10 Å². The van der Waals surface area contributed by atoms with Crippen LogP contribution < -0.4 is 15.4 Å². The number of hydrogen-bond donors (Lipinski definition) is 2. The molecule has 3 aromatic rings. The summed E-state index contributed by atoms with van der Waals surface area (Å²) in [4.78, 5) is 4.81. The van der Waals surface area contributed by atoms with Crippen LogP contribution in [0.3, 0.4) is 0 Å². The average Bonchev–Trinajstić information content (AvgIpc) is 3.27. The summed E-state index contributed by atoms with van der Waals surface area (Å²) in [5, 5.41) is 11.1. The second-order valence-corrected chi connectivity index (χ2v) is 7.45. The van der Waals surface area contributed by atoms with Gasteiger partial charge in [0, 0.05) is 45.1 Å². The molecule has 3 rings (SSSR count). The van der Waals surface area contributed by atoms with Crippen molar-refractivity contribution in [3.8, 4) is 16.9 Å². The van der Waals surface area contributed by atoms with E-state index in [1.807, 2.05) is 43.2 Å². The molecule has 0 aliphatic rings. The van der Waals surface area contributed by atoms with Gasteiger partial charge in [0.1, 0.15) is 5.75 Å². The number of ether oxygens (including phenoxy) is 2. The number of rotatable bonds is 11. The predicted molar refractivity (Wildman–Crippen MR) is 129 cm³/mol. The monoisotopic (exact) mass is 435 g/mol. The van der Waals surface area contributed by atoms with Crippen molar-refractivity contribution in [3.05, 3.63) is 72.1 Å². The van der Waals surface area contributed by atoms with Gasteiger partial charge in [0.15, 0.2) is 5.96 Å². The Morgan fingerprint density at radius 1 is 1.06 bits per heavy atom. The van der Waals surface area contributed by atoms with Crippen LogP contribution in [0.15, 0.2) is 65.9 Å². The first kappa shape index (κ1) is 23.3. The normalized spacial score (nSPS) is 11.4. The van der Waals surface area contributed by atoms with Crippen LogP contribution in [0.4, 0.5) is 0 Å². The molecule has 170 valence electrons. The highest BCUT2D eigenvalue weighted by molar-refractivity contribution is 5.79. The molecule has 0 aliphatic heterocycles. The van der Waals surface area contributed by atoms with E-state index >= 15 is 0 Å². The molecule has 0 radical (unpaired) electrons. The Bertz CT molecular complexity index is 982.